The van der Waals surface area contributed by atoms with Crippen LogP contribution in [0.25, 0.3) is 44.6 Å². The molecule has 1 aromatic carbocycles. The van der Waals surface area contributed by atoms with Gasteiger partial charge in [-0.3, -0.25) is 9.78 Å². The molecular formula is C29H28N8O3S. The van der Waals surface area contributed by atoms with Crippen molar-refractivity contribution >= 4 is 37.9 Å². The number of hydrogen-bond donors (Lipinski definition) is 1. The number of nitrogens with one attached hydrogen (secondary N) is 1. The van der Waals surface area contributed by atoms with E-state index in [-0.39, 0.29) is 10.9 Å². The number of aromatic nitrogens is 7. The Bertz CT molecular complexity index is 2010. The molecule has 0 amide bonds. The van der Waals surface area contributed by atoms with Crippen molar-refractivity contribution in [2.75, 3.05) is 24.7 Å². The minimum atomic E-state index is -3.86. The van der Waals surface area contributed by atoms with Crippen LogP contribution in [0, 0.1) is 6.92 Å². The Morgan fingerprint density at radius 1 is 1.07 bits per heavy atom. The van der Waals surface area contributed by atoms with Gasteiger partial charge in [-0.15, -0.1) is 0 Å². The van der Waals surface area contributed by atoms with E-state index in [1.54, 1.807) is 53.6 Å². The molecule has 1 N–H and O–H groups in total. The molecule has 1 saturated heterocycles. The van der Waals surface area contributed by atoms with Crippen molar-refractivity contribution in [1.82, 2.24) is 33.9 Å². The van der Waals surface area contributed by atoms with Gasteiger partial charge in [0, 0.05) is 43.1 Å². The molecule has 11 nitrogen and oxygen atoms in total. The monoisotopic (exact) mass is 568 g/mol. The highest BCUT2D eigenvalue weighted by Crippen LogP contribution is 2.39. The molecular weight excluding hydrogens is 540 g/mol. The molecule has 5 aromatic heterocycles. The number of rotatable bonds is 5. The zero-order valence-electron chi connectivity index (χ0n) is 22.8. The lowest BCUT2D eigenvalue weighted by molar-refractivity contribution is 0.0986. The second-order valence-electron chi connectivity index (χ2n) is 10.3. The van der Waals surface area contributed by atoms with E-state index >= 15 is 0 Å². The first-order chi connectivity index (χ1) is 19.8. The Balaban J connectivity index is 1.47. The summed E-state index contributed by atoms with van der Waals surface area (Å²) in [6.45, 7) is 5.95. The van der Waals surface area contributed by atoms with Gasteiger partial charge in [0.15, 0.2) is 5.65 Å². The number of nitrogens with zero attached hydrogens (tertiary/aromatic N) is 7. The highest BCUT2D eigenvalue weighted by Gasteiger charge is 2.27. The quantitative estimate of drug-likeness (QED) is 0.329. The van der Waals surface area contributed by atoms with E-state index in [9.17, 15) is 8.42 Å². The van der Waals surface area contributed by atoms with Crippen LogP contribution in [0.5, 0.6) is 0 Å². The predicted octanol–water partition coefficient (Wildman–Crippen LogP) is 4.15. The number of H-pyrrole nitrogens is 1. The Kier molecular flexibility index (Phi) is 5.91. The Hall–Kier alpha value is -4.55. The molecule has 0 unspecified atom stereocenters. The van der Waals surface area contributed by atoms with Crippen LogP contribution < -0.4 is 4.90 Å². The van der Waals surface area contributed by atoms with E-state index in [4.69, 9.17) is 14.8 Å². The van der Waals surface area contributed by atoms with Crippen molar-refractivity contribution in [1.29, 1.82) is 0 Å². The first-order valence-corrected chi connectivity index (χ1v) is 14.8. The summed E-state index contributed by atoms with van der Waals surface area (Å²) < 4.78 is 36.0. The number of morpholine rings is 1. The van der Waals surface area contributed by atoms with Gasteiger partial charge in [-0.05, 0) is 55.8 Å². The molecule has 0 aliphatic carbocycles. The van der Waals surface area contributed by atoms with E-state index < -0.39 is 10.0 Å². The maximum Gasteiger partial charge on any atom is 0.269 e. The van der Waals surface area contributed by atoms with Crippen LogP contribution in [0.2, 0.25) is 0 Å². The molecule has 6 aromatic rings. The second kappa shape index (κ2) is 9.53. The van der Waals surface area contributed by atoms with Gasteiger partial charge in [0.05, 0.1) is 29.7 Å². The summed E-state index contributed by atoms with van der Waals surface area (Å²) in [6.07, 6.45) is 4.97. The van der Waals surface area contributed by atoms with E-state index in [1.807, 2.05) is 26.1 Å². The van der Waals surface area contributed by atoms with Gasteiger partial charge < -0.3 is 9.64 Å². The van der Waals surface area contributed by atoms with Crippen molar-refractivity contribution in [2.45, 2.75) is 24.8 Å². The minimum absolute atomic E-state index is 0.130. The normalized spacial score (nSPS) is 16.2. The zero-order valence-corrected chi connectivity index (χ0v) is 23.6. The summed E-state index contributed by atoms with van der Waals surface area (Å²) in [7, 11) is -1.98. The number of fused-ring (bicyclic) bond motifs is 2. The van der Waals surface area contributed by atoms with Gasteiger partial charge in [0.25, 0.3) is 10.0 Å². The fourth-order valence-corrected chi connectivity index (χ4v) is 6.82. The standard InChI is InChI=1S/C29H28N8O3S/c1-18-4-6-20(7-5-18)41(38,39)37-13-10-22-21(8-11-30-29(22)37)23-16-25(36-14-15-40-17-19(36)2)32-27-26(24-9-12-31-33-24)34-35(3)28(23)27/h4-13,16,19H,14-15,17H2,1-3H3,(H,31,33)/t19-/m1/s1. The van der Waals surface area contributed by atoms with Crippen LogP contribution in [0.4, 0.5) is 5.82 Å². The van der Waals surface area contributed by atoms with Crippen molar-refractivity contribution in [2.24, 2.45) is 7.05 Å². The third kappa shape index (κ3) is 4.09. The third-order valence-electron chi connectivity index (χ3n) is 7.60. The van der Waals surface area contributed by atoms with Crippen molar-refractivity contribution in [3.63, 3.8) is 0 Å². The van der Waals surface area contributed by atoms with Crippen molar-refractivity contribution in [3.05, 3.63) is 72.7 Å². The molecule has 12 heteroatoms. The van der Waals surface area contributed by atoms with Crippen LogP contribution >= 0.6 is 0 Å². The number of pyridine rings is 2. The summed E-state index contributed by atoms with van der Waals surface area (Å²) in [5, 5.41) is 12.8. The Labute approximate surface area is 236 Å². The lowest BCUT2D eigenvalue weighted by Crippen LogP contribution is -2.44. The molecule has 208 valence electrons. The van der Waals surface area contributed by atoms with Crippen molar-refractivity contribution in [3.8, 4) is 22.5 Å². The smallest absolute Gasteiger partial charge is 0.269 e. The van der Waals surface area contributed by atoms with Crippen LogP contribution in [-0.2, 0) is 21.8 Å². The topological polar surface area (TPSA) is 124 Å². The molecule has 7 rings (SSSR count). The molecule has 0 saturated carbocycles. The number of aryl methyl sites for hydroxylation is 2. The van der Waals surface area contributed by atoms with Gasteiger partial charge in [-0.1, -0.05) is 17.7 Å². The maximum atomic E-state index is 13.6. The molecule has 0 bridgehead atoms. The number of aromatic amines is 1. The SMILES string of the molecule is Cc1ccc(S(=O)(=O)n2ccc3c(-c4cc(N5CCOC[C@H]5C)nc5c(-c6cc[nH]n6)nn(C)c45)ccnc32)cc1. The van der Waals surface area contributed by atoms with Gasteiger partial charge in [-0.2, -0.15) is 10.2 Å². The van der Waals surface area contributed by atoms with Gasteiger partial charge in [0.2, 0.25) is 0 Å². The molecule has 41 heavy (non-hydrogen) atoms. The third-order valence-corrected chi connectivity index (χ3v) is 9.29. The van der Waals surface area contributed by atoms with E-state index in [0.29, 0.717) is 47.7 Å². The number of ether oxygens (including phenoxy) is 1. The highest BCUT2D eigenvalue weighted by molar-refractivity contribution is 7.90. The number of anilines is 1. The van der Waals surface area contributed by atoms with Crippen LogP contribution in [0.15, 0.2) is 72.0 Å². The fourth-order valence-electron chi connectivity index (χ4n) is 5.52. The average Bonchev–Trinajstić information content (AvgIpc) is 3.72. The Morgan fingerprint density at radius 2 is 1.90 bits per heavy atom. The Morgan fingerprint density at radius 3 is 2.66 bits per heavy atom. The van der Waals surface area contributed by atoms with Crippen LogP contribution in [-0.4, -0.2) is 68.1 Å². The molecule has 1 atom stereocenters. The summed E-state index contributed by atoms with van der Waals surface area (Å²) in [5.74, 6) is 0.796. The summed E-state index contributed by atoms with van der Waals surface area (Å²) in [5.41, 5.74) is 5.92. The van der Waals surface area contributed by atoms with E-state index in [0.717, 1.165) is 28.0 Å². The number of benzene rings is 1. The van der Waals surface area contributed by atoms with Gasteiger partial charge >= 0.3 is 0 Å². The van der Waals surface area contributed by atoms with Gasteiger partial charge in [0.1, 0.15) is 22.7 Å². The summed E-state index contributed by atoms with van der Waals surface area (Å²) >= 11 is 0. The first kappa shape index (κ1) is 25.4. The van der Waals surface area contributed by atoms with Gasteiger partial charge in [-0.25, -0.2) is 22.4 Å². The largest absolute Gasteiger partial charge is 0.377 e. The zero-order chi connectivity index (χ0) is 28.3. The second-order valence-corrected chi connectivity index (χ2v) is 12.1. The summed E-state index contributed by atoms with van der Waals surface area (Å²) in [4.78, 5) is 12.1. The van der Waals surface area contributed by atoms with Crippen molar-refractivity contribution < 1.29 is 13.2 Å². The molecule has 6 heterocycles. The molecule has 1 aliphatic heterocycles. The van der Waals surface area contributed by atoms with Crippen LogP contribution in [0.1, 0.15) is 12.5 Å². The lowest BCUT2D eigenvalue weighted by atomic mass is 10.0. The van der Waals surface area contributed by atoms with E-state index in [1.165, 1.54) is 3.97 Å². The highest BCUT2D eigenvalue weighted by atomic mass is 32.2. The maximum absolute atomic E-state index is 13.6. The predicted molar refractivity (Wildman–Crippen MR) is 156 cm³/mol. The van der Waals surface area contributed by atoms with Crippen LogP contribution in [0.3, 0.4) is 0 Å². The average molecular weight is 569 g/mol. The first-order valence-electron chi connectivity index (χ1n) is 13.3. The molecule has 0 radical (unpaired) electrons. The molecule has 1 aliphatic rings. The molecule has 0 spiro atoms. The number of hydrogen-bond acceptors (Lipinski definition) is 8. The molecule has 1 fully saturated rings. The van der Waals surface area contributed by atoms with E-state index in [2.05, 4.69) is 33.1 Å². The minimum Gasteiger partial charge on any atom is -0.377 e. The fraction of sp³-hybridized carbons (Fsp3) is 0.241. The summed E-state index contributed by atoms with van der Waals surface area (Å²) in [6, 6.07) is 14.6. The lowest BCUT2D eigenvalue weighted by Gasteiger charge is -2.34.